The number of halogens is 2. The average molecular weight is 255 g/mol. The number of hydrogen-bond acceptors (Lipinski definition) is 1. The Kier molecular flexibility index (Phi) is 5.27. The maximum Gasteiger partial charge on any atom is 0.126 e. The Bertz CT molecular complexity index is 383. The highest BCUT2D eigenvalue weighted by Crippen LogP contribution is 2.29. The summed E-state index contributed by atoms with van der Waals surface area (Å²) >= 11 is 0. The predicted molar refractivity (Wildman–Crippen MR) is 71.6 cm³/mol. The fraction of sp³-hybridized carbons (Fsp3) is 0.600. The first-order valence-corrected chi connectivity index (χ1v) is 6.49. The zero-order valence-electron chi connectivity index (χ0n) is 11.7. The largest absolute Gasteiger partial charge is 0.317 e. The molecule has 0 aromatic heterocycles. The van der Waals surface area contributed by atoms with Gasteiger partial charge in [0.2, 0.25) is 0 Å². The van der Waals surface area contributed by atoms with Gasteiger partial charge >= 0.3 is 0 Å². The lowest BCUT2D eigenvalue weighted by molar-refractivity contribution is 0.230. The minimum absolute atomic E-state index is 0.0565. The zero-order chi connectivity index (χ0) is 13.8. The van der Waals surface area contributed by atoms with Gasteiger partial charge in [0.1, 0.15) is 11.6 Å². The highest BCUT2D eigenvalue weighted by Gasteiger charge is 2.25. The molecule has 1 aromatic rings. The van der Waals surface area contributed by atoms with Crippen molar-refractivity contribution in [2.75, 3.05) is 13.1 Å². The number of hydrogen-bond donors (Lipinski definition) is 1. The zero-order valence-corrected chi connectivity index (χ0v) is 11.7. The molecule has 0 amide bonds. The second kappa shape index (κ2) is 6.28. The highest BCUT2D eigenvalue weighted by atomic mass is 19.1. The Labute approximate surface area is 109 Å². The van der Waals surface area contributed by atoms with Crippen molar-refractivity contribution in [1.82, 2.24) is 5.32 Å². The molecule has 0 aliphatic heterocycles. The molecule has 18 heavy (non-hydrogen) atoms. The van der Waals surface area contributed by atoms with E-state index in [2.05, 4.69) is 26.1 Å². The Balaban J connectivity index is 2.85. The minimum atomic E-state index is -0.373. The minimum Gasteiger partial charge on any atom is -0.317 e. The van der Waals surface area contributed by atoms with E-state index in [0.717, 1.165) is 19.2 Å². The van der Waals surface area contributed by atoms with Gasteiger partial charge in [-0.05, 0) is 54.6 Å². The standard InChI is InChI=1S/C15H23F2N/c1-5-18-10-12(15(2,3)4)8-11-9-13(16)6-7-14(11)17/h6-7,9,12,18H,5,8,10H2,1-4H3. The van der Waals surface area contributed by atoms with Crippen LogP contribution in [0.2, 0.25) is 0 Å². The predicted octanol–water partition coefficient (Wildman–Crippen LogP) is 3.78. The molecule has 0 aliphatic carbocycles. The molecule has 0 spiro atoms. The van der Waals surface area contributed by atoms with Crippen LogP contribution in [0.15, 0.2) is 18.2 Å². The van der Waals surface area contributed by atoms with Gasteiger partial charge in [0, 0.05) is 0 Å². The summed E-state index contributed by atoms with van der Waals surface area (Å²) in [5.41, 5.74) is 0.522. The van der Waals surface area contributed by atoms with E-state index in [4.69, 9.17) is 0 Å². The van der Waals surface area contributed by atoms with Gasteiger partial charge in [0.25, 0.3) is 0 Å². The van der Waals surface area contributed by atoms with Gasteiger partial charge in [-0.3, -0.25) is 0 Å². The number of benzene rings is 1. The fourth-order valence-corrected chi connectivity index (χ4v) is 1.97. The molecule has 0 bridgehead atoms. The summed E-state index contributed by atoms with van der Waals surface area (Å²) in [6, 6.07) is 3.67. The van der Waals surface area contributed by atoms with E-state index >= 15 is 0 Å². The molecule has 0 radical (unpaired) electrons. The van der Waals surface area contributed by atoms with Gasteiger partial charge in [0.15, 0.2) is 0 Å². The van der Waals surface area contributed by atoms with Crippen molar-refractivity contribution in [2.24, 2.45) is 11.3 Å². The van der Waals surface area contributed by atoms with Crippen LogP contribution in [0.4, 0.5) is 8.78 Å². The van der Waals surface area contributed by atoms with E-state index in [1.54, 1.807) is 0 Å². The molecule has 0 fully saturated rings. The summed E-state index contributed by atoms with van der Waals surface area (Å²) in [4.78, 5) is 0. The number of nitrogens with one attached hydrogen (secondary N) is 1. The average Bonchev–Trinajstić information content (AvgIpc) is 2.27. The molecule has 1 nitrogen and oxygen atoms in total. The Morgan fingerprint density at radius 3 is 2.44 bits per heavy atom. The quantitative estimate of drug-likeness (QED) is 0.844. The van der Waals surface area contributed by atoms with Crippen molar-refractivity contribution in [3.8, 4) is 0 Å². The smallest absolute Gasteiger partial charge is 0.126 e. The molecule has 102 valence electrons. The number of rotatable bonds is 5. The first-order chi connectivity index (χ1) is 8.34. The molecule has 3 heteroatoms. The molecule has 0 saturated carbocycles. The normalized spacial score (nSPS) is 13.7. The van der Waals surface area contributed by atoms with Gasteiger partial charge < -0.3 is 5.32 Å². The molecule has 1 rings (SSSR count). The molecular weight excluding hydrogens is 232 g/mol. The second-order valence-corrected chi connectivity index (χ2v) is 5.81. The van der Waals surface area contributed by atoms with Crippen LogP contribution < -0.4 is 5.32 Å². The first kappa shape index (κ1) is 15.1. The SMILES string of the molecule is CCNCC(Cc1cc(F)ccc1F)C(C)(C)C. The Morgan fingerprint density at radius 1 is 1.22 bits per heavy atom. The van der Waals surface area contributed by atoms with Gasteiger partial charge in [-0.15, -0.1) is 0 Å². The van der Waals surface area contributed by atoms with E-state index in [1.807, 2.05) is 6.92 Å². The summed E-state index contributed by atoms with van der Waals surface area (Å²) in [5, 5.41) is 3.29. The van der Waals surface area contributed by atoms with Gasteiger partial charge in [-0.2, -0.15) is 0 Å². The maximum absolute atomic E-state index is 13.7. The van der Waals surface area contributed by atoms with Crippen LogP contribution in [-0.4, -0.2) is 13.1 Å². The lowest BCUT2D eigenvalue weighted by atomic mass is 9.77. The van der Waals surface area contributed by atoms with Crippen LogP contribution in [0.25, 0.3) is 0 Å². The molecule has 0 heterocycles. The van der Waals surface area contributed by atoms with Crippen molar-refractivity contribution in [2.45, 2.75) is 34.1 Å². The molecule has 0 aliphatic rings. The van der Waals surface area contributed by atoms with Crippen molar-refractivity contribution in [1.29, 1.82) is 0 Å². The molecule has 1 N–H and O–H groups in total. The maximum atomic E-state index is 13.7. The lowest BCUT2D eigenvalue weighted by Crippen LogP contribution is -2.33. The van der Waals surface area contributed by atoms with E-state index < -0.39 is 0 Å². The fourth-order valence-electron chi connectivity index (χ4n) is 1.97. The van der Waals surface area contributed by atoms with Gasteiger partial charge in [0.05, 0.1) is 0 Å². The molecule has 1 aromatic carbocycles. The third kappa shape index (κ3) is 4.37. The van der Waals surface area contributed by atoms with E-state index in [-0.39, 0.29) is 23.0 Å². The van der Waals surface area contributed by atoms with Crippen LogP contribution >= 0.6 is 0 Å². The molecule has 0 saturated heterocycles. The van der Waals surface area contributed by atoms with Crippen LogP contribution in [0.5, 0.6) is 0 Å². The summed E-state index contributed by atoms with van der Waals surface area (Å²) in [5.74, 6) is -0.418. The highest BCUT2D eigenvalue weighted by molar-refractivity contribution is 5.19. The van der Waals surface area contributed by atoms with E-state index in [0.29, 0.717) is 12.0 Å². The molecular formula is C15H23F2N. The summed E-state index contributed by atoms with van der Waals surface area (Å²) in [6.45, 7) is 10.1. The Morgan fingerprint density at radius 2 is 1.89 bits per heavy atom. The van der Waals surface area contributed by atoms with Gasteiger partial charge in [-0.25, -0.2) is 8.78 Å². The third-order valence-electron chi connectivity index (χ3n) is 3.34. The van der Waals surface area contributed by atoms with E-state index in [1.165, 1.54) is 12.1 Å². The van der Waals surface area contributed by atoms with Crippen LogP contribution in [-0.2, 0) is 6.42 Å². The molecule has 1 unspecified atom stereocenters. The second-order valence-electron chi connectivity index (χ2n) is 5.81. The monoisotopic (exact) mass is 255 g/mol. The van der Waals surface area contributed by atoms with Crippen LogP contribution in [0.1, 0.15) is 33.3 Å². The van der Waals surface area contributed by atoms with Crippen molar-refractivity contribution >= 4 is 0 Å². The topological polar surface area (TPSA) is 12.0 Å². The summed E-state index contributed by atoms with van der Waals surface area (Å²) < 4.78 is 26.8. The van der Waals surface area contributed by atoms with Crippen molar-refractivity contribution in [3.05, 3.63) is 35.4 Å². The molecule has 1 atom stereocenters. The lowest BCUT2D eigenvalue weighted by Gasteiger charge is -2.31. The summed E-state index contributed by atoms with van der Waals surface area (Å²) in [6.07, 6.45) is 0.556. The van der Waals surface area contributed by atoms with Crippen LogP contribution in [0.3, 0.4) is 0 Å². The first-order valence-electron chi connectivity index (χ1n) is 6.49. The van der Waals surface area contributed by atoms with Crippen molar-refractivity contribution in [3.63, 3.8) is 0 Å². The third-order valence-corrected chi connectivity index (χ3v) is 3.34. The van der Waals surface area contributed by atoms with Gasteiger partial charge in [-0.1, -0.05) is 27.7 Å². The summed E-state index contributed by atoms with van der Waals surface area (Å²) in [7, 11) is 0. The van der Waals surface area contributed by atoms with Crippen LogP contribution in [0, 0.1) is 23.0 Å². The van der Waals surface area contributed by atoms with Crippen molar-refractivity contribution < 1.29 is 8.78 Å². The van der Waals surface area contributed by atoms with E-state index in [9.17, 15) is 8.78 Å². The Hall–Kier alpha value is -0.960.